The Morgan fingerprint density at radius 3 is 2.36 bits per heavy atom. The van der Waals surface area contributed by atoms with E-state index in [9.17, 15) is 9.59 Å². The largest absolute Gasteiger partial charge is 0.443 e. The van der Waals surface area contributed by atoms with Crippen LogP contribution in [0.1, 0.15) is 57.4 Å². The number of carbonyl (C=O) groups is 2. The number of nitrogens with zero attached hydrogens (tertiary/aromatic N) is 5. The number of aryl methyl sites for hydroxylation is 1. The third-order valence-electron chi connectivity index (χ3n) is 5.27. The summed E-state index contributed by atoms with van der Waals surface area (Å²) in [6, 6.07) is 4.97. The SMILES string of the molecule is C=CCn1nc(C)c2c(C(C)C)cc(N(CC(=O)Cc3cc(Cl)nc(Cl)c3)C(=O)OC(C)(C)C)nc21. The van der Waals surface area contributed by atoms with E-state index in [-0.39, 0.29) is 35.0 Å². The molecule has 3 rings (SSSR count). The van der Waals surface area contributed by atoms with Gasteiger partial charge in [-0.3, -0.25) is 9.69 Å². The van der Waals surface area contributed by atoms with Gasteiger partial charge in [0.15, 0.2) is 11.4 Å². The number of hydrogen-bond donors (Lipinski definition) is 0. The highest BCUT2D eigenvalue weighted by Gasteiger charge is 2.28. The molecule has 0 unspecified atom stereocenters. The summed E-state index contributed by atoms with van der Waals surface area (Å²) in [5.74, 6) is 0.180. The van der Waals surface area contributed by atoms with Gasteiger partial charge in [-0.15, -0.1) is 6.58 Å². The van der Waals surface area contributed by atoms with E-state index in [4.69, 9.17) is 32.9 Å². The zero-order valence-electron chi connectivity index (χ0n) is 21.4. The maximum Gasteiger partial charge on any atom is 0.416 e. The number of Topliss-reactive ketones (excluding diaryl/α,β-unsaturated/α-hetero) is 1. The monoisotopic (exact) mass is 531 g/mol. The number of hydrogen-bond acceptors (Lipinski definition) is 6. The van der Waals surface area contributed by atoms with E-state index < -0.39 is 11.7 Å². The number of rotatable bonds is 8. The average Bonchev–Trinajstić information content (AvgIpc) is 3.05. The molecule has 0 N–H and O–H groups in total. The Hall–Kier alpha value is -2.97. The van der Waals surface area contributed by atoms with Crippen LogP contribution >= 0.6 is 23.2 Å². The molecule has 0 bridgehead atoms. The van der Waals surface area contributed by atoms with E-state index in [1.54, 1.807) is 43.7 Å². The van der Waals surface area contributed by atoms with Crippen molar-refractivity contribution < 1.29 is 14.3 Å². The van der Waals surface area contributed by atoms with Crippen LogP contribution in [-0.4, -0.2) is 43.8 Å². The van der Waals surface area contributed by atoms with Crippen LogP contribution in [0.5, 0.6) is 0 Å². The predicted octanol–water partition coefficient (Wildman–Crippen LogP) is 6.30. The van der Waals surface area contributed by atoms with Gasteiger partial charge in [0, 0.05) is 11.8 Å². The van der Waals surface area contributed by atoms with Crippen molar-refractivity contribution in [2.45, 2.75) is 66.0 Å². The summed E-state index contributed by atoms with van der Waals surface area (Å²) in [5, 5.41) is 5.91. The van der Waals surface area contributed by atoms with Crippen LogP contribution in [0.2, 0.25) is 10.3 Å². The van der Waals surface area contributed by atoms with Gasteiger partial charge in [0.1, 0.15) is 21.7 Å². The number of aromatic nitrogens is 4. The molecule has 0 aliphatic carbocycles. The highest BCUT2D eigenvalue weighted by Crippen LogP contribution is 2.31. The van der Waals surface area contributed by atoms with Crippen LogP contribution in [0, 0.1) is 6.92 Å². The molecular weight excluding hydrogens is 501 g/mol. The maximum atomic E-state index is 13.3. The number of amides is 1. The van der Waals surface area contributed by atoms with Crippen LogP contribution < -0.4 is 4.90 Å². The number of pyridine rings is 2. The van der Waals surface area contributed by atoms with Gasteiger partial charge in [-0.2, -0.15) is 5.10 Å². The topological polar surface area (TPSA) is 90.2 Å². The van der Waals surface area contributed by atoms with E-state index >= 15 is 0 Å². The van der Waals surface area contributed by atoms with Crippen molar-refractivity contribution in [1.82, 2.24) is 19.7 Å². The molecule has 192 valence electrons. The van der Waals surface area contributed by atoms with Crippen LogP contribution in [0.3, 0.4) is 0 Å². The van der Waals surface area contributed by atoms with Crippen molar-refractivity contribution in [2.75, 3.05) is 11.4 Å². The van der Waals surface area contributed by atoms with Crippen LogP contribution in [0.15, 0.2) is 30.9 Å². The minimum atomic E-state index is -0.767. The molecule has 3 aromatic heterocycles. The molecule has 36 heavy (non-hydrogen) atoms. The molecule has 0 saturated heterocycles. The second kappa shape index (κ2) is 11.0. The predicted molar refractivity (Wildman–Crippen MR) is 143 cm³/mol. The lowest BCUT2D eigenvalue weighted by Crippen LogP contribution is -2.41. The first-order valence-corrected chi connectivity index (χ1v) is 12.4. The fraction of sp³-hybridized carbons (Fsp3) is 0.423. The quantitative estimate of drug-likeness (QED) is 0.250. The summed E-state index contributed by atoms with van der Waals surface area (Å²) >= 11 is 12.0. The van der Waals surface area contributed by atoms with Gasteiger partial charge in [0.25, 0.3) is 0 Å². The Morgan fingerprint density at radius 1 is 1.17 bits per heavy atom. The number of carbonyl (C=O) groups excluding carboxylic acids is 2. The summed E-state index contributed by atoms with van der Waals surface area (Å²) in [6.07, 6.45) is 1.07. The van der Waals surface area contributed by atoms with E-state index in [0.717, 1.165) is 16.6 Å². The van der Waals surface area contributed by atoms with Crippen LogP contribution in [-0.2, 0) is 22.5 Å². The lowest BCUT2D eigenvalue weighted by atomic mass is 9.99. The standard InChI is InChI=1S/C26H31Cl2N5O3/c1-8-9-33-24-23(16(4)31-33)19(15(2)3)13-22(30-24)32(25(35)36-26(5,6)7)14-18(34)10-17-11-20(27)29-21(28)12-17/h8,11-13,15H,1,9-10,14H2,2-7H3. The third kappa shape index (κ3) is 6.62. The third-order valence-corrected chi connectivity index (χ3v) is 5.65. The number of halogens is 2. The molecule has 0 aliphatic rings. The van der Waals surface area contributed by atoms with Crippen LogP contribution in [0.4, 0.5) is 10.6 Å². The fourth-order valence-electron chi connectivity index (χ4n) is 3.85. The molecule has 0 saturated carbocycles. The molecule has 0 aromatic carbocycles. The molecule has 0 aliphatic heterocycles. The zero-order chi connectivity index (χ0) is 26.8. The Labute approximate surface area is 221 Å². The summed E-state index contributed by atoms with van der Waals surface area (Å²) in [4.78, 5) is 36.4. The molecular formula is C26H31Cl2N5O3. The summed E-state index contributed by atoms with van der Waals surface area (Å²) < 4.78 is 7.38. The molecule has 8 nitrogen and oxygen atoms in total. The second-order valence-corrected chi connectivity index (χ2v) is 10.7. The first-order chi connectivity index (χ1) is 16.8. The van der Waals surface area contributed by atoms with Crippen molar-refractivity contribution in [1.29, 1.82) is 0 Å². The maximum absolute atomic E-state index is 13.3. The van der Waals surface area contributed by atoms with Crippen molar-refractivity contribution >= 4 is 51.9 Å². The first-order valence-electron chi connectivity index (χ1n) is 11.6. The molecule has 0 atom stereocenters. The number of allylic oxidation sites excluding steroid dienone is 1. The number of ether oxygens (including phenoxy) is 1. The van der Waals surface area contributed by atoms with Gasteiger partial charge < -0.3 is 4.74 Å². The van der Waals surface area contributed by atoms with Gasteiger partial charge in [-0.1, -0.05) is 43.1 Å². The number of anilines is 1. The summed E-state index contributed by atoms with van der Waals surface area (Å²) in [6.45, 7) is 15.4. The molecule has 10 heteroatoms. The highest BCUT2D eigenvalue weighted by atomic mass is 35.5. The van der Waals surface area contributed by atoms with E-state index in [2.05, 4.69) is 30.5 Å². The van der Waals surface area contributed by atoms with Crippen molar-refractivity contribution in [3.05, 3.63) is 58.0 Å². The molecule has 3 aromatic rings. The van der Waals surface area contributed by atoms with Crippen molar-refractivity contribution in [3.63, 3.8) is 0 Å². The van der Waals surface area contributed by atoms with Crippen molar-refractivity contribution in [3.8, 4) is 0 Å². The van der Waals surface area contributed by atoms with E-state index in [1.165, 1.54) is 4.90 Å². The molecule has 0 spiro atoms. The lowest BCUT2D eigenvalue weighted by molar-refractivity contribution is -0.117. The molecule has 1 amide bonds. The zero-order valence-corrected chi connectivity index (χ0v) is 22.9. The van der Waals surface area contributed by atoms with Gasteiger partial charge in [-0.05, 0) is 62.9 Å². The average molecular weight is 532 g/mol. The van der Waals surface area contributed by atoms with E-state index in [1.807, 2.05) is 13.0 Å². The Morgan fingerprint density at radius 2 is 1.81 bits per heavy atom. The van der Waals surface area contributed by atoms with Gasteiger partial charge in [0.05, 0.1) is 18.8 Å². The Kier molecular flexibility index (Phi) is 8.41. The minimum Gasteiger partial charge on any atom is -0.443 e. The fourth-order valence-corrected chi connectivity index (χ4v) is 4.35. The molecule has 3 heterocycles. The highest BCUT2D eigenvalue weighted by molar-refractivity contribution is 6.32. The number of ketones is 1. The van der Waals surface area contributed by atoms with Crippen molar-refractivity contribution in [2.24, 2.45) is 0 Å². The molecule has 0 radical (unpaired) electrons. The summed E-state index contributed by atoms with van der Waals surface area (Å²) in [7, 11) is 0. The Balaban J connectivity index is 2.08. The molecule has 0 fully saturated rings. The Bertz CT molecular complexity index is 1290. The number of fused-ring (bicyclic) bond motifs is 1. The van der Waals surface area contributed by atoms with Gasteiger partial charge in [-0.25, -0.2) is 19.4 Å². The van der Waals surface area contributed by atoms with Crippen LogP contribution in [0.25, 0.3) is 11.0 Å². The van der Waals surface area contributed by atoms with Gasteiger partial charge >= 0.3 is 6.09 Å². The minimum absolute atomic E-state index is 0.00798. The normalized spacial score (nSPS) is 11.7. The second-order valence-electron chi connectivity index (χ2n) is 9.88. The summed E-state index contributed by atoms with van der Waals surface area (Å²) in [5.41, 5.74) is 2.25. The first kappa shape index (κ1) is 27.6. The van der Waals surface area contributed by atoms with E-state index in [0.29, 0.717) is 23.6 Å². The smallest absolute Gasteiger partial charge is 0.416 e. The van der Waals surface area contributed by atoms with Gasteiger partial charge in [0.2, 0.25) is 0 Å². The lowest BCUT2D eigenvalue weighted by Gasteiger charge is -2.27.